The van der Waals surface area contributed by atoms with Crippen LogP contribution in [0, 0.1) is 0 Å². The summed E-state index contributed by atoms with van der Waals surface area (Å²) in [5, 5.41) is 11.2. The van der Waals surface area contributed by atoms with Gasteiger partial charge in [-0.2, -0.15) is 0 Å². The maximum absolute atomic E-state index is 12.0. The minimum absolute atomic E-state index is 0.146. The molecule has 0 heterocycles. The van der Waals surface area contributed by atoms with Gasteiger partial charge in [0.2, 0.25) is 5.91 Å². The highest BCUT2D eigenvalue weighted by molar-refractivity contribution is 7.84. The lowest BCUT2D eigenvalue weighted by atomic mass is 10.2. The lowest BCUT2D eigenvalue weighted by Gasteiger charge is -2.13. The molecule has 1 aromatic carbocycles. The molecule has 7 heteroatoms. The van der Waals surface area contributed by atoms with Gasteiger partial charge < -0.3 is 15.2 Å². The summed E-state index contributed by atoms with van der Waals surface area (Å²) in [6, 6.07) is 5.95. The fraction of sp³-hybridized carbons (Fsp3) is 0.385. The predicted octanol–water partition coefficient (Wildman–Crippen LogP) is 0.533. The summed E-state index contributed by atoms with van der Waals surface area (Å²) in [5.74, 6) is -1.03. The number of methoxy groups -OCH3 is 1. The molecule has 0 radical (unpaired) electrons. The van der Waals surface area contributed by atoms with Gasteiger partial charge in [-0.3, -0.25) is 9.00 Å². The van der Waals surface area contributed by atoms with Gasteiger partial charge in [-0.25, -0.2) is 4.79 Å². The van der Waals surface area contributed by atoms with Crippen LogP contribution in [0.25, 0.3) is 0 Å². The Morgan fingerprint density at radius 3 is 2.60 bits per heavy atom. The molecule has 0 spiro atoms. The van der Waals surface area contributed by atoms with Crippen LogP contribution in [-0.2, 0) is 26.1 Å². The SMILES string of the molecule is COc1ccccc1CS(=O)CC(NC(C)=O)C(=O)O. The Hall–Kier alpha value is -1.89. The molecule has 2 N–H and O–H groups in total. The van der Waals surface area contributed by atoms with Crippen molar-refractivity contribution in [3.63, 3.8) is 0 Å². The van der Waals surface area contributed by atoms with E-state index in [1.807, 2.05) is 0 Å². The molecule has 6 nitrogen and oxygen atoms in total. The van der Waals surface area contributed by atoms with Gasteiger partial charge in [0, 0.05) is 23.3 Å². The fourth-order valence-electron chi connectivity index (χ4n) is 1.66. The minimum Gasteiger partial charge on any atom is -0.496 e. The number of carboxylic acid groups (broad SMARTS) is 1. The number of carboxylic acids is 1. The summed E-state index contributed by atoms with van der Waals surface area (Å²) in [6.45, 7) is 1.22. The van der Waals surface area contributed by atoms with Crippen molar-refractivity contribution in [2.24, 2.45) is 0 Å². The van der Waals surface area contributed by atoms with Gasteiger partial charge in [0.05, 0.1) is 18.6 Å². The first kappa shape index (κ1) is 16.2. The number of carbonyl (C=O) groups is 2. The standard InChI is InChI=1S/C13H17NO5S/c1-9(15)14-11(13(16)17)8-20(18)7-10-5-3-4-6-12(10)19-2/h3-6,11H,7-8H2,1-2H3,(H,14,15)(H,16,17). The third kappa shape index (κ3) is 5.00. The Kier molecular flexibility index (Phi) is 6.17. The highest BCUT2D eigenvalue weighted by Gasteiger charge is 2.21. The highest BCUT2D eigenvalue weighted by atomic mass is 32.2. The van der Waals surface area contributed by atoms with E-state index in [0.717, 1.165) is 5.56 Å². The maximum atomic E-state index is 12.0. The second kappa shape index (κ2) is 7.64. The number of aliphatic carboxylic acids is 1. The van der Waals surface area contributed by atoms with Crippen LogP contribution in [0.4, 0.5) is 0 Å². The Morgan fingerprint density at radius 1 is 1.40 bits per heavy atom. The molecule has 0 bridgehead atoms. The maximum Gasteiger partial charge on any atom is 0.327 e. The molecule has 0 saturated heterocycles. The van der Waals surface area contributed by atoms with Crippen LogP contribution in [0.5, 0.6) is 5.75 Å². The van der Waals surface area contributed by atoms with E-state index in [1.165, 1.54) is 14.0 Å². The molecule has 1 rings (SSSR count). The molecule has 2 unspecified atom stereocenters. The van der Waals surface area contributed by atoms with Crippen molar-refractivity contribution in [1.82, 2.24) is 5.32 Å². The zero-order valence-electron chi connectivity index (χ0n) is 11.3. The van der Waals surface area contributed by atoms with E-state index in [-0.39, 0.29) is 11.5 Å². The largest absolute Gasteiger partial charge is 0.496 e. The average molecular weight is 299 g/mol. The number of ether oxygens (including phenoxy) is 1. The number of amides is 1. The lowest BCUT2D eigenvalue weighted by molar-refractivity contribution is -0.140. The normalized spacial score (nSPS) is 13.3. The van der Waals surface area contributed by atoms with Gasteiger partial charge in [0.1, 0.15) is 11.8 Å². The first-order valence-corrected chi connectivity index (χ1v) is 7.39. The number of rotatable bonds is 7. The Balaban J connectivity index is 2.70. The second-order valence-electron chi connectivity index (χ2n) is 4.15. The third-order valence-electron chi connectivity index (χ3n) is 2.54. The highest BCUT2D eigenvalue weighted by Crippen LogP contribution is 2.19. The molecule has 20 heavy (non-hydrogen) atoms. The van der Waals surface area contributed by atoms with Crippen LogP contribution >= 0.6 is 0 Å². The number of hydrogen-bond donors (Lipinski definition) is 2. The van der Waals surface area contributed by atoms with Crippen molar-refractivity contribution in [2.45, 2.75) is 18.7 Å². The first-order chi connectivity index (χ1) is 9.43. The molecular formula is C13H17NO5S. The van der Waals surface area contributed by atoms with E-state index in [4.69, 9.17) is 9.84 Å². The molecular weight excluding hydrogens is 282 g/mol. The average Bonchev–Trinajstić information content (AvgIpc) is 2.37. The van der Waals surface area contributed by atoms with Crippen LogP contribution in [0.2, 0.25) is 0 Å². The first-order valence-electron chi connectivity index (χ1n) is 5.90. The van der Waals surface area contributed by atoms with Crippen LogP contribution < -0.4 is 10.1 Å². The van der Waals surface area contributed by atoms with Crippen LogP contribution in [0.3, 0.4) is 0 Å². The van der Waals surface area contributed by atoms with Gasteiger partial charge in [0.25, 0.3) is 0 Å². The van der Waals surface area contributed by atoms with Crippen molar-refractivity contribution in [1.29, 1.82) is 0 Å². The quantitative estimate of drug-likeness (QED) is 0.766. The third-order valence-corrected chi connectivity index (χ3v) is 3.88. The van der Waals surface area contributed by atoms with Crippen LogP contribution in [0.1, 0.15) is 12.5 Å². The smallest absolute Gasteiger partial charge is 0.327 e. The van der Waals surface area contributed by atoms with Gasteiger partial charge in [-0.05, 0) is 6.07 Å². The van der Waals surface area contributed by atoms with Gasteiger partial charge >= 0.3 is 5.97 Å². The van der Waals surface area contributed by atoms with Crippen LogP contribution in [0.15, 0.2) is 24.3 Å². The summed E-state index contributed by atoms with van der Waals surface area (Å²) in [4.78, 5) is 21.9. The summed E-state index contributed by atoms with van der Waals surface area (Å²) >= 11 is 0. The van der Waals surface area contributed by atoms with Crippen LogP contribution in [-0.4, -0.2) is 40.1 Å². The number of nitrogens with one attached hydrogen (secondary N) is 1. The van der Waals surface area contributed by atoms with E-state index < -0.39 is 28.7 Å². The molecule has 110 valence electrons. The Morgan fingerprint density at radius 2 is 2.05 bits per heavy atom. The number of hydrogen-bond acceptors (Lipinski definition) is 4. The zero-order valence-corrected chi connectivity index (χ0v) is 12.1. The predicted molar refractivity (Wildman–Crippen MR) is 74.9 cm³/mol. The van der Waals surface area contributed by atoms with E-state index in [2.05, 4.69) is 5.32 Å². The molecule has 1 aromatic rings. The Labute approximate surface area is 119 Å². The summed E-state index contributed by atoms with van der Waals surface area (Å²) in [6.07, 6.45) is 0. The molecule has 0 aliphatic carbocycles. The van der Waals surface area contributed by atoms with Crippen molar-refractivity contribution < 1.29 is 23.6 Å². The van der Waals surface area contributed by atoms with Gasteiger partial charge in [0.15, 0.2) is 0 Å². The van der Waals surface area contributed by atoms with E-state index in [1.54, 1.807) is 24.3 Å². The van der Waals surface area contributed by atoms with E-state index in [9.17, 15) is 13.8 Å². The minimum atomic E-state index is -1.43. The van der Waals surface area contributed by atoms with E-state index in [0.29, 0.717) is 5.75 Å². The fourth-order valence-corrected chi connectivity index (χ4v) is 2.96. The molecule has 1 amide bonds. The van der Waals surface area contributed by atoms with Crippen molar-refractivity contribution in [3.05, 3.63) is 29.8 Å². The molecule has 0 fully saturated rings. The molecule has 0 aromatic heterocycles. The van der Waals surface area contributed by atoms with Crippen molar-refractivity contribution in [2.75, 3.05) is 12.9 Å². The second-order valence-corrected chi connectivity index (χ2v) is 5.66. The van der Waals surface area contributed by atoms with Crippen molar-refractivity contribution >= 4 is 22.7 Å². The van der Waals surface area contributed by atoms with Crippen molar-refractivity contribution in [3.8, 4) is 5.75 Å². The molecule has 2 atom stereocenters. The summed E-state index contributed by atoms with van der Waals surface area (Å²) < 4.78 is 17.2. The number of carbonyl (C=O) groups excluding carboxylic acids is 1. The molecule has 0 saturated carbocycles. The summed E-state index contributed by atoms with van der Waals surface area (Å²) in [7, 11) is 0.0875. The number of benzene rings is 1. The van der Waals surface area contributed by atoms with Gasteiger partial charge in [-0.15, -0.1) is 0 Å². The summed E-state index contributed by atoms with van der Waals surface area (Å²) in [5.41, 5.74) is 0.736. The monoisotopic (exact) mass is 299 g/mol. The molecule has 0 aliphatic heterocycles. The molecule has 0 aliphatic rings. The Bertz CT molecular complexity index is 517. The van der Waals surface area contributed by atoms with E-state index >= 15 is 0 Å². The lowest BCUT2D eigenvalue weighted by Crippen LogP contribution is -2.43. The topological polar surface area (TPSA) is 92.7 Å². The zero-order chi connectivity index (χ0) is 15.1. The van der Waals surface area contributed by atoms with Gasteiger partial charge in [-0.1, -0.05) is 18.2 Å². The number of para-hydroxylation sites is 1.